The fourth-order valence-corrected chi connectivity index (χ4v) is 1.60. The summed E-state index contributed by atoms with van der Waals surface area (Å²) in [5.41, 5.74) is 5.47. The summed E-state index contributed by atoms with van der Waals surface area (Å²) in [6, 6.07) is -0.170. The lowest BCUT2D eigenvalue weighted by atomic mass is 10.1. The third kappa shape index (κ3) is 1.66. The molecule has 0 aromatic heterocycles. The Morgan fingerprint density at radius 2 is 2.58 bits per heavy atom. The van der Waals surface area contributed by atoms with Gasteiger partial charge in [0.2, 0.25) is 5.91 Å². The van der Waals surface area contributed by atoms with Gasteiger partial charge in [0.25, 0.3) is 0 Å². The number of hydrogen-bond donors (Lipinski definition) is 2. The smallest absolute Gasteiger partial charge is 0.242 e. The van der Waals surface area contributed by atoms with Gasteiger partial charge in [0.1, 0.15) is 6.04 Å². The lowest BCUT2D eigenvalue weighted by Gasteiger charge is -2.34. The molecule has 0 aromatic rings. The maximum atomic E-state index is 11.3. The fourth-order valence-electron chi connectivity index (χ4n) is 1.38. The zero-order valence-corrected chi connectivity index (χ0v) is 7.86. The molecule has 4 nitrogen and oxygen atoms in total. The molecule has 3 N–H and O–H groups in total. The van der Waals surface area contributed by atoms with E-state index in [0.29, 0.717) is 11.7 Å². The van der Waals surface area contributed by atoms with Gasteiger partial charge in [0, 0.05) is 13.1 Å². The van der Waals surface area contributed by atoms with Crippen molar-refractivity contribution in [3.8, 4) is 0 Å². The minimum absolute atomic E-state index is 0.0246. The van der Waals surface area contributed by atoms with Crippen molar-refractivity contribution >= 4 is 23.2 Å². The molecular weight excluding hydrogens is 174 g/mol. The molecule has 12 heavy (non-hydrogen) atoms. The molecule has 0 bridgehead atoms. The van der Waals surface area contributed by atoms with Crippen LogP contribution in [0.3, 0.4) is 0 Å². The molecule has 1 aliphatic heterocycles. The molecule has 1 fully saturated rings. The van der Waals surface area contributed by atoms with Crippen molar-refractivity contribution in [2.24, 2.45) is 5.73 Å². The zero-order valence-electron chi connectivity index (χ0n) is 7.04. The minimum Gasteiger partial charge on any atom is -0.376 e. The maximum Gasteiger partial charge on any atom is 0.242 e. The Morgan fingerprint density at radius 3 is 3.00 bits per heavy atom. The number of nitrogens with zero attached hydrogens (tertiary/aromatic N) is 1. The Balaban J connectivity index is 2.70. The first-order chi connectivity index (χ1) is 5.66. The predicted molar refractivity (Wildman–Crippen MR) is 50.6 cm³/mol. The van der Waals surface area contributed by atoms with Crippen LogP contribution in [0.25, 0.3) is 0 Å². The highest BCUT2D eigenvalue weighted by atomic mass is 32.1. The van der Waals surface area contributed by atoms with E-state index in [9.17, 15) is 4.79 Å². The minimum atomic E-state index is -0.170. The van der Waals surface area contributed by atoms with Gasteiger partial charge in [-0.2, -0.15) is 0 Å². The number of nitrogens with one attached hydrogen (secondary N) is 1. The van der Waals surface area contributed by atoms with Gasteiger partial charge in [-0.05, 0) is 18.6 Å². The highest BCUT2D eigenvalue weighted by molar-refractivity contribution is 7.80. The van der Waals surface area contributed by atoms with Crippen LogP contribution in [0.2, 0.25) is 0 Å². The van der Waals surface area contributed by atoms with E-state index in [-0.39, 0.29) is 11.9 Å². The number of carbonyl (C=O) groups is 1. The van der Waals surface area contributed by atoms with Gasteiger partial charge in [-0.25, -0.2) is 0 Å². The quantitative estimate of drug-likeness (QED) is 0.540. The molecule has 0 aliphatic carbocycles. The van der Waals surface area contributed by atoms with Gasteiger partial charge < -0.3 is 16.0 Å². The van der Waals surface area contributed by atoms with E-state index in [1.807, 2.05) is 6.92 Å². The van der Waals surface area contributed by atoms with Crippen molar-refractivity contribution in [3.05, 3.63) is 0 Å². The third-order valence-corrected chi connectivity index (χ3v) is 2.24. The van der Waals surface area contributed by atoms with E-state index < -0.39 is 0 Å². The second-order valence-electron chi connectivity index (χ2n) is 2.75. The van der Waals surface area contributed by atoms with Crippen LogP contribution in [0, 0.1) is 0 Å². The summed E-state index contributed by atoms with van der Waals surface area (Å²) in [5, 5.41) is 3.09. The number of nitrogens with two attached hydrogens (primary N) is 1. The highest BCUT2D eigenvalue weighted by Gasteiger charge is 2.28. The lowest BCUT2D eigenvalue weighted by molar-refractivity contribution is -0.127. The molecule has 1 saturated heterocycles. The van der Waals surface area contributed by atoms with Gasteiger partial charge in [-0.1, -0.05) is 6.92 Å². The van der Waals surface area contributed by atoms with E-state index >= 15 is 0 Å². The summed E-state index contributed by atoms with van der Waals surface area (Å²) in [7, 11) is 0. The van der Waals surface area contributed by atoms with Crippen LogP contribution in [-0.2, 0) is 4.79 Å². The SMILES string of the molecule is CC[C@H]1C(=O)NCCN1C(N)=S. The number of rotatable bonds is 1. The molecule has 0 radical (unpaired) electrons. The average Bonchev–Trinajstić information content (AvgIpc) is 2.03. The Bertz CT molecular complexity index is 207. The van der Waals surface area contributed by atoms with Crippen LogP contribution in [0.1, 0.15) is 13.3 Å². The number of hydrogen-bond acceptors (Lipinski definition) is 2. The van der Waals surface area contributed by atoms with Gasteiger partial charge >= 0.3 is 0 Å². The summed E-state index contributed by atoms with van der Waals surface area (Å²) in [5.74, 6) is 0.0246. The van der Waals surface area contributed by atoms with Crippen LogP contribution in [-0.4, -0.2) is 35.1 Å². The van der Waals surface area contributed by atoms with E-state index in [2.05, 4.69) is 5.32 Å². The zero-order chi connectivity index (χ0) is 9.14. The molecule has 1 heterocycles. The van der Waals surface area contributed by atoms with Crippen molar-refractivity contribution in [1.82, 2.24) is 10.2 Å². The first-order valence-electron chi connectivity index (χ1n) is 4.00. The molecule has 0 aromatic carbocycles. The van der Waals surface area contributed by atoms with Crippen molar-refractivity contribution < 1.29 is 4.79 Å². The van der Waals surface area contributed by atoms with E-state index in [1.165, 1.54) is 0 Å². The molecule has 68 valence electrons. The first-order valence-corrected chi connectivity index (χ1v) is 4.41. The first kappa shape index (κ1) is 9.25. The number of piperazine rings is 1. The summed E-state index contributed by atoms with van der Waals surface area (Å²) < 4.78 is 0. The largest absolute Gasteiger partial charge is 0.376 e. The molecular formula is C7H13N3OS. The molecule has 0 unspecified atom stereocenters. The van der Waals surface area contributed by atoms with E-state index in [0.717, 1.165) is 13.0 Å². The second kappa shape index (κ2) is 3.71. The summed E-state index contributed by atoms with van der Waals surface area (Å²) in [4.78, 5) is 13.0. The molecule has 0 spiro atoms. The summed E-state index contributed by atoms with van der Waals surface area (Å²) in [6.07, 6.45) is 0.739. The fraction of sp³-hybridized carbons (Fsp3) is 0.714. The summed E-state index contributed by atoms with van der Waals surface area (Å²) >= 11 is 4.84. The molecule has 1 atom stereocenters. The monoisotopic (exact) mass is 187 g/mol. The molecule has 1 rings (SSSR count). The number of amides is 1. The number of carbonyl (C=O) groups excluding carboxylic acids is 1. The van der Waals surface area contributed by atoms with Crippen LogP contribution < -0.4 is 11.1 Å². The van der Waals surface area contributed by atoms with Gasteiger partial charge in [0.05, 0.1) is 0 Å². The van der Waals surface area contributed by atoms with Crippen molar-refractivity contribution in [2.45, 2.75) is 19.4 Å². The van der Waals surface area contributed by atoms with Gasteiger partial charge in [-0.15, -0.1) is 0 Å². The van der Waals surface area contributed by atoms with Crippen molar-refractivity contribution in [2.75, 3.05) is 13.1 Å². The van der Waals surface area contributed by atoms with E-state index in [1.54, 1.807) is 4.90 Å². The second-order valence-corrected chi connectivity index (χ2v) is 3.16. The Labute approximate surface area is 77.1 Å². The summed E-state index contributed by atoms with van der Waals surface area (Å²) in [6.45, 7) is 3.30. The predicted octanol–water partition coefficient (Wildman–Crippen LogP) is -0.560. The molecule has 5 heteroatoms. The van der Waals surface area contributed by atoms with Crippen LogP contribution >= 0.6 is 12.2 Å². The third-order valence-electron chi connectivity index (χ3n) is 2.00. The Hall–Kier alpha value is -0.840. The Kier molecular flexibility index (Phi) is 2.86. The van der Waals surface area contributed by atoms with Crippen LogP contribution in [0.15, 0.2) is 0 Å². The molecule has 1 amide bonds. The topological polar surface area (TPSA) is 58.4 Å². The standard InChI is InChI=1S/C7H13N3OS/c1-2-5-6(11)9-3-4-10(5)7(8)12/h5H,2-4H2,1H3,(H2,8,12)(H,9,11)/t5-/m0/s1. The van der Waals surface area contributed by atoms with Crippen molar-refractivity contribution in [3.63, 3.8) is 0 Å². The molecule has 1 aliphatic rings. The van der Waals surface area contributed by atoms with E-state index in [4.69, 9.17) is 18.0 Å². The van der Waals surface area contributed by atoms with Crippen molar-refractivity contribution in [1.29, 1.82) is 0 Å². The lowest BCUT2D eigenvalue weighted by Crippen LogP contribution is -2.58. The van der Waals surface area contributed by atoms with Gasteiger partial charge in [-0.3, -0.25) is 4.79 Å². The molecule has 0 saturated carbocycles. The maximum absolute atomic E-state index is 11.3. The van der Waals surface area contributed by atoms with Crippen LogP contribution in [0.4, 0.5) is 0 Å². The average molecular weight is 187 g/mol. The Morgan fingerprint density at radius 1 is 1.92 bits per heavy atom. The highest BCUT2D eigenvalue weighted by Crippen LogP contribution is 2.07. The normalized spacial score (nSPS) is 23.6. The number of thiocarbonyl (C=S) groups is 1. The van der Waals surface area contributed by atoms with Gasteiger partial charge in [0.15, 0.2) is 5.11 Å². The van der Waals surface area contributed by atoms with Crippen LogP contribution in [0.5, 0.6) is 0 Å².